The summed E-state index contributed by atoms with van der Waals surface area (Å²) in [5, 5.41) is 15.2. The van der Waals surface area contributed by atoms with Crippen LogP contribution in [0, 0.1) is 0 Å². The van der Waals surface area contributed by atoms with Gasteiger partial charge in [-0.1, -0.05) is 18.2 Å². The van der Waals surface area contributed by atoms with Crippen molar-refractivity contribution in [1.29, 1.82) is 0 Å². The molecule has 0 unspecified atom stereocenters. The minimum absolute atomic E-state index is 0.253. The van der Waals surface area contributed by atoms with Crippen LogP contribution in [0.15, 0.2) is 53.3 Å². The van der Waals surface area contributed by atoms with E-state index in [9.17, 15) is 9.59 Å². The Hall–Kier alpha value is -3.15. The van der Waals surface area contributed by atoms with E-state index < -0.39 is 17.1 Å². The Balaban J connectivity index is 2.04. The van der Waals surface area contributed by atoms with Crippen LogP contribution in [0.25, 0.3) is 10.9 Å². The molecule has 0 spiro atoms. The fraction of sp³-hybridized carbons (Fsp3) is 0. The highest BCUT2D eigenvalue weighted by Crippen LogP contribution is 2.23. The molecule has 2 N–H and O–H groups in total. The van der Waals surface area contributed by atoms with Crippen molar-refractivity contribution < 1.29 is 14.6 Å². The standard InChI is InChI=1S/C15H10N2O4/c18-14-11-7-6-10(21-9-4-2-1-3-5-9)8-12(11)16-17-13(14)15(19)20/h1-8H,(H,16,18)(H,19,20). The van der Waals surface area contributed by atoms with Crippen molar-refractivity contribution in [3.8, 4) is 11.5 Å². The molecule has 0 aliphatic heterocycles. The molecular formula is C15H10N2O4. The molecule has 3 rings (SSSR count). The van der Waals surface area contributed by atoms with Crippen molar-refractivity contribution in [1.82, 2.24) is 10.2 Å². The number of benzene rings is 2. The van der Waals surface area contributed by atoms with Crippen molar-refractivity contribution in [2.45, 2.75) is 0 Å². The number of para-hydroxylation sites is 1. The second-order valence-electron chi connectivity index (χ2n) is 4.33. The number of aromatic nitrogens is 2. The third-order valence-electron chi connectivity index (χ3n) is 2.92. The molecule has 0 aliphatic rings. The van der Waals surface area contributed by atoms with Gasteiger partial charge in [-0.05, 0) is 24.3 Å². The summed E-state index contributed by atoms with van der Waals surface area (Å²) in [5.74, 6) is -0.175. The molecule has 1 heterocycles. The van der Waals surface area contributed by atoms with Gasteiger partial charge in [0.05, 0.1) is 5.52 Å². The van der Waals surface area contributed by atoms with Crippen LogP contribution >= 0.6 is 0 Å². The molecule has 0 aliphatic carbocycles. The van der Waals surface area contributed by atoms with Crippen LogP contribution in [0.1, 0.15) is 10.5 Å². The number of fused-ring (bicyclic) bond motifs is 1. The van der Waals surface area contributed by atoms with E-state index in [4.69, 9.17) is 9.84 Å². The predicted molar refractivity (Wildman–Crippen MR) is 75.8 cm³/mol. The summed E-state index contributed by atoms with van der Waals surface area (Å²) < 4.78 is 5.64. The third-order valence-corrected chi connectivity index (χ3v) is 2.92. The molecule has 0 bridgehead atoms. The number of nitrogens with one attached hydrogen (secondary N) is 1. The molecule has 0 fully saturated rings. The molecular weight excluding hydrogens is 272 g/mol. The maximum atomic E-state index is 11.9. The summed E-state index contributed by atoms with van der Waals surface area (Å²) >= 11 is 0. The zero-order chi connectivity index (χ0) is 14.8. The quantitative estimate of drug-likeness (QED) is 0.769. The van der Waals surface area contributed by atoms with Gasteiger partial charge in [0.25, 0.3) is 0 Å². The molecule has 0 radical (unpaired) electrons. The molecule has 21 heavy (non-hydrogen) atoms. The van der Waals surface area contributed by atoms with E-state index in [-0.39, 0.29) is 5.39 Å². The van der Waals surface area contributed by atoms with Crippen LogP contribution in [0.4, 0.5) is 0 Å². The average molecular weight is 282 g/mol. The summed E-state index contributed by atoms with van der Waals surface area (Å²) in [5.41, 5.74) is -0.736. The van der Waals surface area contributed by atoms with Gasteiger partial charge in [0, 0.05) is 11.5 Å². The molecule has 0 atom stereocenters. The van der Waals surface area contributed by atoms with Gasteiger partial charge in [0.15, 0.2) is 0 Å². The Morgan fingerprint density at radius 1 is 1.10 bits per heavy atom. The molecule has 6 nitrogen and oxygen atoms in total. The SMILES string of the molecule is O=C(O)c1n[nH]c2cc(Oc3ccccc3)ccc2c1=O. The van der Waals surface area contributed by atoms with Crippen molar-refractivity contribution in [2.24, 2.45) is 0 Å². The first-order valence-electron chi connectivity index (χ1n) is 6.14. The van der Waals surface area contributed by atoms with E-state index in [0.29, 0.717) is 17.0 Å². The zero-order valence-electron chi connectivity index (χ0n) is 10.7. The van der Waals surface area contributed by atoms with Crippen LogP contribution in [-0.4, -0.2) is 21.3 Å². The lowest BCUT2D eigenvalue weighted by Gasteiger charge is -2.06. The summed E-state index contributed by atoms with van der Waals surface area (Å²) in [6.07, 6.45) is 0. The number of rotatable bonds is 3. The highest BCUT2D eigenvalue weighted by Gasteiger charge is 2.13. The second kappa shape index (κ2) is 5.09. The topological polar surface area (TPSA) is 92.3 Å². The lowest BCUT2D eigenvalue weighted by Crippen LogP contribution is -2.18. The number of hydrogen-bond donors (Lipinski definition) is 2. The van der Waals surface area contributed by atoms with E-state index in [1.165, 1.54) is 6.07 Å². The highest BCUT2D eigenvalue weighted by molar-refractivity contribution is 5.90. The van der Waals surface area contributed by atoms with Gasteiger partial charge in [-0.2, -0.15) is 5.10 Å². The highest BCUT2D eigenvalue weighted by atomic mass is 16.5. The number of aromatic amines is 1. The fourth-order valence-electron chi connectivity index (χ4n) is 1.94. The minimum atomic E-state index is -1.36. The van der Waals surface area contributed by atoms with Crippen molar-refractivity contribution in [3.63, 3.8) is 0 Å². The number of ether oxygens (including phenoxy) is 1. The number of carboxylic acid groups (broad SMARTS) is 1. The minimum Gasteiger partial charge on any atom is -0.476 e. The average Bonchev–Trinajstić information content (AvgIpc) is 2.48. The number of aromatic carboxylic acids is 1. The number of H-pyrrole nitrogens is 1. The van der Waals surface area contributed by atoms with Gasteiger partial charge in [-0.25, -0.2) is 4.79 Å². The smallest absolute Gasteiger partial charge is 0.360 e. The van der Waals surface area contributed by atoms with Crippen molar-refractivity contribution in [2.75, 3.05) is 0 Å². The van der Waals surface area contributed by atoms with E-state index in [2.05, 4.69) is 10.2 Å². The van der Waals surface area contributed by atoms with Crippen LogP contribution in [-0.2, 0) is 0 Å². The molecule has 1 aromatic heterocycles. The van der Waals surface area contributed by atoms with E-state index in [1.807, 2.05) is 18.2 Å². The largest absolute Gasteiger partial charge is 0.476 e. The Morgan fingerprint density at radius 3 is 2.57 bits per heavy atom. The van der Waals surface area contributed by atoms with Crippen molar-refractivity contribution >= 4 is 16.9 Å². The van der Waals surface area contributed by atoms with Crippen LogP contribution in [0.5, 0.6) is 11.5 Å². The Morgan fingerprint density at radius 2 is 1.86 bits per heavy atom. The summed E-state index contributed by atoms with van der Waals surface area (Å²) in [4.78, 5) is 22.8. The third kappa shape index (κ3) is 2.46. The van der Waals surface area contributed by atoms with Crippen LogP contribution in [0.2, 0.25) is 0 Å². The zero-order valence-corrected chi connectivity index (χ0v) is 10.7. The first-order chi connectivity index (χ1) is 10.1. The summed E-state index contributed by atoms with van der Waals surface area (Å²) in [6, 6.07) is 13.9. The Kier molecular flexibility index (Phi) is 3.12. The first kappa shape index (κ1) is 12.9. The van der Waals surface area contributed by atoms with Gasteiger partial charge in [-0.15, -0.1) is 0 Å². The molecule has 3 aromatic rings. The molecule has 0 saturated heterocycles. The van der Waals surface area contributed by atoms with Crippen molar-refractivity contribution in [3.05, 3.63) is 64.4 Å². The van der Waals surface area contributed by atoms with Gasteiger partial charge >= 0.3 is 5.97 Å². The number of hydrogen-bond acceptors (Lipinski definition) is 4. The van der Waals surface area contributed by atoms with E-state index >= 15 is 0 Å². The maximum absolute atomic E-state index is 11.9. The molecule has 0 amide bonds. The van der Waals surface area contributed by atoms with Gasteiger partial charge in [0.1, 0.15) is 11.5 Å². The lowest BCUT2D eigenvalue weighted by atomic mass is 10.2. The number of nitrogens with zero attached hydrogens (tertiary/aromatic N) is 1. The van der Waals surface area contributed by atoms with Gasteiger partial charge < -0.3 is 9.84 Å². The lowest BCUT2D eigenvalue weighted by molar-refractivity contribution is 0.0688. The van der Waals surface area contributed by atoms with Gasteiger partial charge in [0.2, 0.25) is 11.1 Å². The van der Waals surface area contributed by atoms with Gasteiger partial charge in [-0.3, -0.25) is 9.89 Å². The molecule has 104 valence electrons. The Labute approximate surface area is 118 Å². The Bertz CT molecular complexity index is 872. The summed E-state index contributed by atoms with van der Waals surface area (Å²) in [7, 11) is 0. The molecule has 6 heteroatoms. The molecule has 0 saturated carbocycles. The van der Waals surface area contributed by atoms with E-state index in [0.717, 1.165) is 0 Å². The van der Waals surface area contributed by atoms with Crippen LogP contribution in [0.3, 0.4) is 0 Å². The normalized spacial score (nSPS) is 10.5. The maximum Gasteiger partial charge on any atom is 0.360 e. The predicted octanol–water partition coefficient (Wildman–Crippen LogP) is 2.41. The number of carboxylic acids is 1. The number of carbonyl (C=O) groups is 1. The fourth-order valence-corrected chi connectivity index (χ4v) is 1.94. The first-order valence-corrected chi connectivity index (χ1v) is 6.14. The van der Waals surface area contributed by atoms with E-state index in [1.54, 1.807) is 24.3 Å². The summed E-state index contributed by atoms with van der Waals surface area (Å²) in [6.45, 7) is 0. The second-order valence-corrected chi connectivity index (χ2v) is 4.33. The van der Waals surface area contributed by atoms with Crippen LogP contribution < -0.4 is 10.2 Å². The molecule has 2 aromatic carbocycles. The monoisotopic (exact) mass is 282 g/mol.